The minimum Gasteiger partial charge on any atom is -0.481 e. The molecule has 1 aromatic heterocycles. The first kappa shape index (κ1) is 40.3. The number of thioether (sulfide) groups is 1. The maximum Gasteiger partial charge on any atom is 0.315 e. The van der Waals surface area contributed by atoms with Crippen molar-refractivity contribution >= 4 is 64.1 Å². The number of unbranched alkanes of at least 4 members (excludes halogenated alkanes) is 3. The molecule has 56 heavy (non-hydrogen) atoms. The fourth-order valence-corrected chi connectivity index (χ4v) is 8.99. The fourth-order valence-electron chi connectivity index (χ4n) is 7.45. The lowest BCUT2D eigenvalue weighted by molar-refractivity contribution is -0.141. The number of anilines is 1. The van der Waals surface area contributed by atoms with E-state index in [9.17, 15) is 33.9 Å². The summed E-state index contributed by atoms with van der Waals surface area (Å²) in [5.74, 6) is -0.329. The first-order valence-electron chi connectivity index (χ1n) is 19.3. The highest BCUT2D eigenvalue weighted by molar-refractivity contribution is 8.00. The van der Waals surface area contributed by atoms with Crippen molar-refractivity contribution in [2.24, 2.45) is 0 Å². The summed E-state index contributed by atoms with van der Waals surface area (Å²) in [6.45, 7) is 1.28. The maximum absolute atomic E-state index is 13.5. The zero-order valence-corrected chi connectivity index (χ0v) is 32.4. The number of fused-ring (bicyclic) bond motifs is 3. The number of aliphatic carboxylic acids is 1. The number of rotatable bonds is 19. The van der Waals surface area contributed by atoms with Gasteiger partial charge in [0.15, 0.2) is 0 Å². The number of hydrogen-bond donors (Lipinski definition) is 7. The van der Waals surface area contributed by atoms with Crippen LogP contribution >= 0.6 is 11.8 Å². The SMILES string of the molecule is CN(Cc1nc2ccccc2[nH]1)C(=O)c1ccc2c(c1)CN(CCNC(=O)CCCCCNC(=O)CCCCC1SC[C@@H]3NC(=O)N[C@H]13)C(=O)[C@H](CC(=O)O)N2. The zero-order valence-electron chi connectivity index (χ0n) is 31.6. The van der Waals surface area contributed by atoms with Crippen LogP contribution in [0.1, 0.15) is 79.5 Å². The summed E-state index contributed by atoms with van der Waals surface area (Å²) in [6.07, 6.45) is 5.23. The predicted molar refractivity (Wildman–Crippen MR) is 212 cm³/mol. The molecule has 16 nitrogen and oxygen atoms in total. The molecule has 300 valence electrons. The number of H-pyrrole nitrogens is 1. The van der Waals surface area contributed by atoms with Crippen molar-refractivity contribution in [3.8, 4) is 0 Å². The second-order valence-electron chi connectivity index (χ2n) is 14.7. The number of para-hydroxylation sites is 2. The van der Waals surface area contributed by atoms with Crippen molar-refractivity contribution < 1.29 is 33.9 Å². The number of carboxylic acid groups (broad SMARTS) is 1. The fraction of sp³-hybridized carbons (Fsp3) is 0.513. The van der Waals surface area contributed by atoms with Gasteiger partial charge in [-0.3, -0.25) is 24.0 Å². The Hall–Kier alpha value is -5.32. The Morgan fingerprint density at radius 1 is 0.946 bits per heavy atom. The molecule has 0 spiro atoms. The number of imidazole rings is 1. The van der Waals surface area contributed by atoms with Gasteiger partial charge in [0.25, 0.3) is 5.91 Å². The molecule has 3 aliphatic heterocycles. The van der Waals surface area contributed by atoms with Crippen molar-refractivity contribution in [3.05, 3.63) is 59.4 Å². The zero-order chi connectivity index (χ0) is 39.6. The van der Waals surface area contributed by atoms with Gasteiger partial charge in [-0.25, -0.2) is 9.78 Å². The average Bonchev–Trinajstić information content (AvgIpc) is 3.85. The number of nitrogens with one attached hydrogen (secondary N) is 6. The summed E-state index contributed by atoms with van der Waals surface area (Å²) < 4.78 is 0. The molecule has 3 aliphatic rings. The molecule has 2 aromatic carbocycles. The number of benzene rings is 2. The summed E-state index contributed by atoms with van der Waals surface area (Å²) in [7, 11) is 1.69. The molecular formula is C39H51N9O7S. The van der Waals surface area contributed by atoms with E-state index in [1.54, 1.807) is 30.1 Å². The van der Waals surface area contributed by atoms with Crippen LogP contribution in [0.4, 0.5) is 10.5 Å². The van der Waals surface area contributed by atoms with Crippen LogP contribution < -0.4 is 26.6 Å². The second-order valence-corrected chi connectivity index (χ2v) is 15.9. The van der Waals surface area contributed by atoms with E-state index in [1.807, 2.05) is 36.0 Å². The molecular weight excluding hydrogens is 739 g/mol. The van der Waals surface area contributed by atoms with Gasteiger partial charge in [0.1, 0.15) is 11.9 Å². The minimum atomic E-state index is -1.13. The van der Waals surface area contributed by atoms with Crippen LogP contribution in [0, 0.1) is 0 Å². The third-order valence-corrected chi connectivity index (χ3v) is 11.9. The Morgan fingerprint density at radius 2 is 1.71 bits per heavy atom. The summed E-state index contributed by atoms with van der Waals surface area (Å²) in [4.78, 5) is 85.9. The quantitative estimate of drug-likeness (QED) is 0.0696. The molecule has 6 rings (SSSR count). The van der Waals surface area contributed by atoms with Crippen molar-refractivity contribution in [3.63, 3.8) is 0 Å². The number of nitrogens with zero attached hydrogens (tertiary/aromatic N) is 3. The van der Waals surface area contributed by atoms with E-state index in [1.165, 1.54) is 4.90 Å². The molecule has 2 fully saturated rings. The molecule has 1 unspecified atom stereocenters. The number of carbonyl (C=O) groups is 6. The van der Waals surface area contributed by atoms with E-state index in [2.05, 4.69) is 36.6 Å². The van der Waals surface area contributed by atoms with Crippen LogP contribution in [-0.4, -0.2) is 116 Å². The predicted octanol–water partition coefficient (Wildman–Crippen LogP) is 2.95. The number of carbonyl (C=O) groups excluding carboxylic acids is 5. The number of hydrogen-bond acceptors (Lipinski definition) is 9. The van der Waals surface area contributed by atoms with Gasteiger partial charge >= 0.3 is 12.0 Å². The van der Waals surface area contributed by atoms with Gasteiger partial charge in [0, 0.05) is 68.3 Å². The Bertz CT molecular complexity index is 1890. The van der Waals surface area contributed by atoms with E-state index < -0.39 is 24.3 Å². The number of urea groups is 1. The molecule has 7 N–H and O–H groups in total. The van der Waals surface area contributed by atoms with Gasteiger partial charge in [0.05, 0.1) is 36.1 Å². The molecule has 0 radical (unpaired) electrons. The standard InChI is InChI=1S/C39H51N9O7S/c1-47(22-32-43-27-9-4-5-10-28(27)44-32)37(53)24-14-15-26-25(19-24)21-48(38(54)29(42-26)20-35(51)52)18-17-41-34(50)12-3-2-8-16-40-33(49)13-7-6-11-31-36-30(23-56-31)45-39(55)46-36/h4-5,9-10,14-15,19,29-31,36,42H,2-3,6-8,11-13,16-18,20-23H2,1H3,(H,40,49)(H,41,50)(H,43,44)(H,51,52)(H2,45,46,55)/t29-,30-,31?,36-/m0/s1. The second kappa shape index (κ2) is 19.0. The van der Waals surface area contributed by atoms with Crippen LogP contribution in [-0.2, 0) is 32.3 Å². The van der Waals surface area contributed by atoms with Crippen molar-refractivity contribution in [1.29, 1.82) is 0 Å². The van der Waals surface area contributed by atoms with Crippen LogP contribution in [0.5, 0.6) is 0 Å². The summed E-state index contributed by atoms with van der Waals surface area (Å²) in [6, 6.07) is 12.0. The van der Waals surface area contributed by atoms with Gasteiger partial charge in [-0.2, -0.15) is 11.8 Å². The van der Waals surface area contributed by atoms with Crippen molar-refractivity contribution in [2.45, 2.75) is 94.3 Å². The highest BCUT2D eigenvalue weighted by Gasteiger charge is 2.42. The van der Waals surface area contributed by atoms with Gasteiger partial charge in [-0.1, -0.05) is 25.0 Å². The maximum atomic E-state index is 13.5. The molecule has 4 heterocycles. The van der Waals surface area contributed by atoms with E-state index >= 15 is 0 Å². The van der Waals surface area contributed by atoms with Gasteiger partial charge in [-0.15, -0.1) is 0 Å². The van der Waals surface area contributed by atoms with Crippen LogP contribution in [0.2, 0.25) is 0 Å². The molecule has 0 saturated carbocycles. The van der Waals surface area contributed by atoms with Crippen molar-refractivity contribution in [1.82, 2.24) is 41.0 Å². The first-order valence-corrected chi connectivity index (χ1v) is 20.4. The Kier molecular flexibility index (Phi) is 13.7. The van der Waals surface area contributed by atoms with E-state index in [4.69, 9.17) is 0 Å². The lowest BCUT2D eigenvalue weighted by Crippen LogP contribution is -2.44. The number of aromatic nitrogens is 2. The number of aromatic amines is 1. The molecule has 17 heteroatoms. The monoisotopic (exact) mass is 789 g/mol. The van der Waals surface area contributed by atoms with E-state index in [0.29, 0.717) is 53.7 Å². The number of carboxylic acids is 1. The van der Waals surface area contributed by atoms with Crippen LogP contribution in [0.25, 0.3) is 11.0 Å². The molecule has 6 amide bonds. The van der Waals surface area contributed by atoms with Crippen LogP contribution in [0.15, 0.2) is 42.5 Å². The Labute approximate surface area is 329 Å². The average molecular weight is 790 g/mol. The van der Waals surface area contributed by atoms with Gasteiger partial charge in [-0.05, 0) is 61.6 Å². The molecule has 0 bridgehead atoms. The topological polar surface area (TPSA) is 218 Å². The van der Waals surface area contributed by atoms with Crippen molar-refractivity contribution in [2.75, 3.05) is 37.8 Å². The smallest absolute Gasteiger partial charge is 0.315 e. The molecule has 0 aliphatic carbocycles. The summed E-state index contributed by atoms with van der Waals surface area (Å²) in [5.41, 5.74) is 3.33. The molecule has 2 saturated heterocycles. The highest BCUT2D eigenvalue weighted by atomic mass is 32.2. The third kappa shape index (κ3) is 10.7. The van der Waals surface area contributed by atoms with E-state index in [-0.39, 0.29) is 62.0 Å². The molecule has 3 aromatic rings. The van der Waals surface area contributed by atoms with Gasteiger partial charge in [0.2, 0.25) is 17.7 Å². The summed E-state index contributed by atoms with van der Waals surface area (Å²) in [5, 5.41) is 24.7. The lowest BCUT2D eigenvalue weighted by atomic mass is 10.0. The Morgan fingerprint density at radius 3 is 2.50 bits per heavy atom. The summed E-state index contributed by atoms with van der Waals surface area (Å²) >= 11 is 1.88. The van der Waals surface area contributed by atoms with E-state index in [0.717, 1.165) is 48.9 Å². The minimum absolute atomic E-state index is 0.0242. The lowest BCUT2D eigenvalue weighted by Gasteiger charge is -2.24. The molecule has 4 atom stereocenters. The highest BCUT2D eigenvalue weighted by Crippen LogP contribution is 2.33. The largest absolute Gasteiger partial charge is 0.481 e. The van der Waals surface area contributed by atoms with Crippen LogP contribution in [0.3, 0.4) is 0 Å². The Balaban J connectivity index is 0.897. The number of amides is 6. The normalized spacial score (nSPS) is 20.0. The first-order chi connectivity index (χ1) is 27.0. The third-order valence-electron chi connectivity index (χ3n) is 10.4. The van der Waals surface area contributed by atoms with Gasteiger partial charge < -0.3 is 46.5 Å².